The van der Waals surface area contributed by atoms with Gasteiger partial charge in [-0.2, -0.15) is 0 Å². The fraction of sp³-hybridized carbons (Fsp3) is 0.0435. The summed E-state index contributed by atoms with van der Waals surface area (Å²) >= 11 is 6.30. The maximum absolute atomic E-state index is 13.1. The molecule has 0 unspecified atom stereocenters. The fourth-order valence-electron chi connectivity index (χ4n) is 2.88. The molecule has 144 valence electrons. The van der Waals surface area contributed by atoms with Crippen molar-refractivity contribution in [3.63, 3.8) is 0 Å². The van der Waals surface area contributed by atoms with Crippen LogP contribution in [-0.2, 0) is 4.79 Å². The van der Waals surface area contributed by atoms with Crippen molar-refractivity contribution < 1.29 is 18.4 Å². The van der Waals surface area contributed by atoms with Gasteiger partial charge in [0.25, 0.3) is 0 Å². The summed E-state index contributed by atoms with van der Waals surface area (Å²) < 4.78 is 16.5. The van der Waals surface area contributed by atoms with E-state index < -0.39 is 11.4 Å². The highest BCUT2D eigenvalue weighted by Crippen LogP contribution is 2.35. The van der Waals surface area contributed by atoms with E-state index in [2.05, 4.69) is 0 Å². The molecule has 4 rings (SSSR count). The highest BCUT2D eigenvalue weighted by molar-refractivity contribution is 6.33. The highest BCUT2D eigenvalue weighted by Gasteiger charge is 2.21. The van der Waals surface area contributed by atoms with Crippen LogP contribution in [0.5, 0.6) is 5.75 Å². The van der Waals surface area contributed by atoms with Gasteiger partial charge >= 0.3 is 5.97 Å². The van der Waals surface area contributed by atoms with Crippen LogP contribution >= 0.6 is 11.6 Å². The summed E-state index contributed by atoms with van der Waals surface area (Å²) in [6.07, 6.45) is 4.11. The average Bonchev–Trinajstić information content (AvgIpc) is 3.23. The lowest BCUT2D eigenvalue weighted by Crippen LogP contribution is -2.14. The van der Waals surface area contributed by atoms with E-state index >= 15 is 0 Å². The molecule has 0 saturated carbocycles. The zero-order valence-electron chi connectivity index (χ0n) is 15.3. The minimum atomic E-state index is -0.742. The van der Waals surface area contributed by atoms with Gasteiger partial charge in [0.05, 0.1) is 16.7 Å². The minimum Gasteiger partial charge on any atom is -0.465 e. The summed E-state index contributed by atoms with van der Waals surface area (Å²) in [7, 11) is 0. The predicted molar refractivity (Wildman–Crippen MR) is 111 cm³/mol. The number of esters is 1. The molecule has 0 saturated heterocycles. The molecule has 0 amide bonds. The smallest absolute Gasteiger partial charge is 0.336 e. The van der Waals surface area contributed by atoms with Crippen LogP contribution in [0.2, 0.25) is 5.02 Å². The van der Waals surface area contributed by atoms with Gasteiger partial charge in [0, 0.05) is 11.6 Å². The largest absolute Gasteiger partial charge is 0.465 e. The first kappa shape index (κ1) is 18.8. The van der Waals surface area contributed by atoms with E-state index in [-0.39, 0.29) is 11.5 Å². The van der Waals surface area contributed by atoms with Gasteiger partial charge in [-0.05, 0) is 49.4 Å². The van der Waals surface area contributed by atoms with Crippen LogP contribution < -0.4 is 10.2 Å². The Labute approximate surface area is 170 Å². The number of hydrogen-bond acceptors (Lipinski definition) is 5. The summed E-state index contributed by atoms with van der Waals surface area (Å²) in [6, 6.07) is 15.5. The second-order valence-electron chi connectivity index (χ2n) is 6.34. The number of carbonyl (C=O) groups excluding carboxylic acids is 1. The molecule has 0 spiro atoms. The molecule has 0 aliphatic rings. The second kappa shape index (κ2) is 7.81. The monoisotopic (exact) mass is 406 g/mol. The molecule has 0 radical (unpaired) electrons. The summed E-state index contributed by atoms with van der Waals surface area (Å²) in [5.41, 5.74) is 1.25. The molecule has 5 nitrogen and oxygen atoms in total. The Bertz CT molecular complexity index is 1280. The SMILES string of the molecule is Cc1ccc2oc(-c3ccccc3Cl)c(OC(=O)/C=C/c3ccco3)c(=O)c2c1. The maximum Gasteiger partial charge on any atom is 0.336 e. The Morgan fingerprint density at radius 1 is 1.10 bits per heavy atom. The normalized spacial score (nSPS) is 11.2. The highest BCUT2D eigenvalue weighted by atomic mass is 35.5. The fourth-order valence-corrected chi connectivity index (χ4v) is 3.10. The van der Waals surface area contributed by atoms with Crippen molar-refractivity contribution in [2.45, 2.75) is 6.92 Å². The van der Waals surface area contributed by atoms with E-state index in [1.807, 2.05) is 13.0 Å². The van der Waals surface area contributed by atoms with Crippen molar-refractivity contribution in [3.8, 4) is 17.1 Å². The standard InChI is InChI=1S/C23H15ClO5/c1-14-8-10-19-17(13-14)21(26)23(22(28-19)16-6-2-3-7-18(16)24)29-20(25)11-9-15-5-4-12-27-15/h2-13H,1H3/b11-9+. The summed E-state index contributed by atoms with van der Waals surface area (Å²) in [5, 5.41) is 0.684. The average molecular weight is 407 g/mol. The van der Waals surface area contributed by atoms with Crippen molar-refractivity contribution in [1.29, 1.82) is 0 Å². The van der Waals surface area contributed by atoms with Crippen LogP contribution in [0, 0.1) is 6.92 Å². The molecule has 0 N–H and O–H groups in total. The van der Waals surface area contributed by atoms with E-state index in [1.54, 1.807) is 48.5 Å². The number of carbonyl (C=O) groups is 1. The van der Waals surface area contributed by atoms with Crippen LogP contribution in [0.15, 0.2) is 80.6 Å². The van der Waals surface area contributed by atoms with Crippen molar-refractivity contribution >= 4 is 34.6 Å². The molecule has 29 heavy (non-hydrogen) atoms. The first-order valence-corrected chi connectivity index (χ1v) is 9.16. The predicted octanol–water partition coefficient (Wildman–Crippen LogP) is 5.63. The van der Waals surface area contributed by atoms with Gasteiger partial charge in [-0.3, -0.25) is 4.79 Å². The third kappa shape index (κ3) is 3.86. The van der Waals surface area contributed by atoms with Crippen molar-refractivity contribution in [2.75, 3.05) is 0 Å². The third-order valence-electron chi connectivity index (χ3n) is 4.25. The van der Waals surface area contributed by atoms with E-state index in [1.165, 1.54) is 18.4 Å². The molecule has 0 fully saturated rings. The van der Waals surface area contributed by atoms with Crippen LogP contribution in [-0.4, -0.2) is 5.97 Å². The number of furan rings is 1. The van der Waals surface area contributed by atoms with E-state index in [4.69, 9.17) is 25.2 Å². The van der Waals surface area contributed by atoms with Crippen molar-refractivity contribution in [2.24, 2.45) is 0 Å². The summed E-state index contributed by atoms with van der Waals surface area (Å²) in [5.74, 6) is -0.384. The Morgan fingerprint density at radius 3 is 2.69 bits per heavy atom. The molecule has 0 aliphatic carbocycles. The number of aryl methyl sites for hydroxylation is 1. The van der Waals surface area contributed by atoms with E-state index in [9.17, 15) is 9.59 Å². The molecule has 2 aromatic carbocycles. The molecular formula is C23H15ClO5. The number of hydrogen-bond donors (Lipinski definition) is 0. The Kier molecular flexibility index (Phi) is 5.06. The van der Waals surface area contributed by atoms with Crippen LogP contribution in [0.25, 0.3) is 28.4 Å². The van der Waals surface area contributed by atoms with Gasteiger partial charge in [0.15, 0.2) is 5.76 Å². The number of ether oxygens (including phenoxy) is 1. The van der Waals surface area contributed by atoms with Crippen LogP contribution in [0.3, 0.4) is 0 Å². The topological polar surface area (TPSA) is 69.7 Å². The molecule has 0 aliphatic heterocycles. The Hall–Kier alpha value is -3.57. The van der Waals surface area contributed by atoms with Crippen molar-refractivity contribution in [1.82, 2.24) is 0 Å². The summed E-state index contributed by atoms with van der Waals surface area (Å²) in [6.45, 7) is 1.86. The third-order valence-corrected chi connectivity index (χ3v) is 4.58. The lowest BCUT2D eigenvalue weighted by Gasteiger charge is -2.11. The first-order valence-electron chi connectivity index (χ1n) is 8.78. The lowest BCUT2D eigenvalue weighted by atomic mass is 10.1. The summed E-state index contributed by atoms with van der Waals surface area (Å²) in [4.78, 5) is 25.5. The molecule has 6 heteroatoms. The molecule has 0 bridgehead atoms. The number of benzene rings is 2. The first-order chi connectivity index (χ1) is 14.0. The quantitative estimate of drug-likeness (QED) is 0.324. The minimum absolute atomic E-state index is 0.0942. The molecule has 4 aromatic rings. The lowest BCUT2D eigenvalue weighted by molar-refractivity contribution is -0.129. The number of halogens is 1. The zero-order chi connectivity index (χ0) is 20.4. The zero-order valence-corrected chi connectivity index (χ0v) is 16.1. The maximum atomic E-state index is 13.1. The van der Waals surface area contributed by atoms with Gasteiger partial charge in [0.2, 0.25) is 11.2 Å². The second-order valence-corrected chi connectivity index (χ2v) is 6.75. The van der Waals surface area contributed by atoms with E-state index in [0.717, 1.165) is 5.56 Å². The number of fused-ring (bicyclic) bond motifs is 1. The Balaban J connectivity index is 1.85. The van der Waals surface area contributed by atoms with Gasteiger partial charge in [-0.25, -0.2) is 4.79 Å². The van der Waals surface area contributed by atoms with Gasteiger partial charge in [-0.15, -0.1) is 0 Å². The Morgan fingerprint density at radius 2 is 1.93 bits per heavy atom. The molecule has 0 atom stereocenters. The molecule has 2 heterocycles. The van der Waals surface area contributed by atoms with E-state index in [0.29, 0.717) is 27.3 Å². The van der Waals surface area contributed by atoms with Gasteiger partial charge in [-0.1, -0.05) is 35.4 Å². The van der Waals surface area contributed by atoms with Gasteiger partial charge < -0.3 is 13.6 Å². The van der Waals surface area contributed by atoms with Crippen molar-refractivity contribution in [3.05, 3.63) is 93.5 Å². The molecule has 2 aromatic heterocycles. The molecular weight excluding hydrogens is 392 g/mol. The van der Waals surface area contributed by atoms with Gasteiger partial charge in [0.1, 0.15) is 11.3 Å². The van der Waals surface area contributed by atoms with Crippen LogP contribution in [0.1, 0.15) is 11.3 Å². The van der Waals surface area contributed by atoms with Crippen LogP contribution in [0.4, 0.5) is 0 Å². The number of rotatable bonds is 4.